The van der Waals surface area contributed by atoms with E-state index in [0.29, 0.717) is 30.4 Å². The van der Waals surface area contributed by atoms with E-state index in [1.165, 1.54) is 12.1 Å². The van der Waals surface area contributed by atoms with E-state index in [2.05, 4.69) is 4.90 Å². The van der Waals surface area contributed by atoms with Crippen LogP contribution in [0.5, 0.6) is 11.5 Å². The number of likely N-dealkylation sites (tertiary alicyclic amines) is 1. The van der Waals surface area contributed by atoms with E-state index < -0.39 is 29.0 Å². The first-order valence-corrected chi connectivity index (χ1v) is 9.40. The fourth-order valence-electron chi connectivity index (χ4n) is 4.42. The molecule has 0 amide bonds. The molecule has 0 bridgehead atoms. The van der Waals surface area contributed by atoms with Gasteiger partial charge in [-0.15, -0.1) is 0 Å². The molecule has 1 heterocycles. The summed E-state index contributed by atoms with van der Waals surface area (Å²) in [5, 5.41) is 9.17. The summed E-state index contributed by atoms with van der Waals surface area (Å²) in [5.41, 5.74) is 0.512. The second kappa shape index (κ2) is 7.62. The van der Waals surface area contributed by atoms with E-state index >= 15 is 0 Å². The van der Waals surface area contributed by atoms with Crippen LogP contribution in [-0.2, 0) is 6.42 Å². The Morgan fingerprint density at radius 1 is 0.929 bits per heavy atom. The summed E-state index contributed by atoms with van der Waals surface area (Å²) in [5.74, 6) is -3.20. The topological polar surface area (TPSA) is 32.7 Å². The van der Waals surface area contributed by atoms with Crippen molar-refractivity contribution < 1.29 is 27.4 Å². The third kappa shape index (κ3) is 3.94. The van der Waals surface area contributed by atoms with Crippen molar-refractivity contribution in [3.8, 4) is 11.5 Å². The van der Waals surface area contributed by atoms with Gasteiger partial charge >= 0.3 is 0 Å². The molecule has 0 aromatic heterocycles. The number of phenolic OH excluding ortho intramolecular Hbond substituents is 1. The van der Waals surface area contributed by atoms with Gasteiger partial charge in [0.1, 0.15) is 5.82 Å². The van der Waals surface area contributed by atoms with Crippen LogP contribution >= 0.6 is 0 Å². The Bertz CT molecular complexity index is 838. The van der Waals surface area contributed by atoms with Crippen molar-refractivity contribution in [2.24, 2.45) is 11.8 Å². The van der Waals surface area contributed by atoms with Crippen molar-refractivity contribution in [2.75, 3.05) is 19.6 Å². The standard InChI is InChI=1S/C21H21F4NO2/c22-15-1-2-20(17(23)9-15)28-16-7-13-10-26(11-14(13)8-16)4-3-12-5-18(24)21(27)19(25)6-12/h1-2,5-6,9,13-14,16,27H,3-4,7-8,10-11H2/t13-,14+,16?. The number of hydrogen-bond acceptors (Lipinski definition) is 3. The molecule has 1 saturated carbocycles. The smallest absolute Gasteiger partial charge is 0.187 e. The highest BCUT2D eigenvalue weighted by molar-refractivity contribution is 5.30. The fourth-order valence-corrected chi connectivity index (χ4v) is 4.42. The Morgan fingerprint density at radius 2 is 1.57 bits per heavy atom. The zero-order valence-corrected chi connectivity index (χ0v) is 15.2. The molecule has 2 aliphatic rings. The van der Waals surface area contributed by atoms with Gasteiger partial charge in [0.2, 0.25) is 0 Å². The lowest BCUT2D eigenvalue weighted by molar-refractivity contribution is 0.178. The van der Waals surface area contributed by atoms with Crippen LogP contribution in [0.1, 0.15) is 18.4 Å². The van der Waals surface area contributed by atoms with Gasteiger partial charge in [-0.2, -0.15) is 0 Å². The predicted molar refractivity (Wildman–Crippen MR) is 95.2 cm³/mol. The second-order valence-electron chi connectivity index (χ2n) is 7.72. The molecule has 0 spiro atoms. The number of aromatic hydroxyl groups is 1. The number of hydrogen-bond donors (Lipinski definition) is 1. The summed E-state index contributed by atoms with van der Waals surface area (Å²) >= 11 is 0. The molecule has 3 atom stereocenters. The van der Waals surface area contributed by atoms with Crippen LogP contribution in [-0.4, -0.2) is 35.7 Å². The minimum atomic E-state index is -0.943. The molecule has 150 valence electrons. The molecular formula is C21H21F4NO2. The van der Waals surface area contributed by atoms with Gasteiger partial charge in [-0.3, -0.25) is 0 Å². The predicted octanol–water partition coefficient (Wildman–Crippen LogP) is 4.28. The average molecular weight is 395 g/mol. The first-order chi connectivity index (χ1) is 13.4. The number of nitrogens with zero attached hydrogens (tertiary/aromatic N) is 1. The number of halogens is 4. The molecule has 4 rings (SSSR count). The number of rotatable bonds is 5. The van der Waals surface area contributed by atoms with Crippen molar-refractivity contribution in [3.05, 3.63) is 59.2 Å². The molecule has 7 heteroatoms. The highest BCUT2D eigenvalue weighted by atomic mass is 19.1. The molecule has 1 saturated heterocycles. The summed E-state index contributed by atoms with van der Waals surface area (Å²) in [7, 11) is 0. The van der Waals surface area contributed by atoms with Gasteiger partial charge in [-0.25, -0.2) is 17.6 Å². The van der Waals surface area contributed by atoms with Crippen LogP contribution < -0.4 is 4.74 Å². The Labute approximate surface area is 160 Å². The number of ether oxygens (including phenoxy) is 1. The molecule has 1 aliphatic heterocycles. The Hall–Kier alpha value is -2.28. The van der Waals surface area contributed by atoms with Crippen LogP contribution in [0.3, 0.4) is 0 Å². The average Bonchev–Trinajstić information content (AvgIpc) is 3.18. The van der Waals surface area contributed by atoms with Gasteiger partial charge in [-0.05, 0) is 60.9 Å². The van der Waals surface area contributed by atoms with E-state index in [1.807, 2.05) is 0 Å². The number of benzene rings is 2. The van der Waals surface area contributed by atoms with E-state index in [9.17, 15) is 17.6 Å². The third-order valence-corrected chi connectivity index (χ3v) is 5.76. The maximum Gasteiger partial charge on any atom is 0.187 e. The van der Waals surface area contributed by atoms with E-state index in [-0.39, 0.29) is 11.9 Å². The monoisotopic (exact) mass is 395 g/mol. The fraction of sp³-hybridized carbons (Fsp3) is 0.429. The van der Waals surface area contributed by atoms with Crippen LogP contribution in [0.15, 0.2) is 30.3 Å². The summed E-state index contributed by atoms with van der Waals surface area (Å²) < 4.78 is 59.4. The Morgan fingerprint density at radius 3 is 2.18 bits per heavy atom. The Balaban J connectivity index is 1.28. The highest BCUT2D eigenvalue weighted by Gasteiger charge is 2.41. The number of phenols is 1. The van der Waals surface area contributed by atoms with Gasteiger partial charge in [0.15, 0.2) is 29.0 Å². The minimum absolute atomic E-state index is 0.0830. The highest BCUT2D eigenvalue weighted by Crippen LogP contribution is 2.40. The Kier molecular flexibility index (Phi) is 5.19. The minimum Gasteiger partial charge on any atom is -0.503 e. The third-order valence-electron chi connectivity index (χ3n) is 5.76. The maximum absolute atomic E-state index is 13.8. The van der Waals surface area contributed by atoms with Gasteiger partial charge < -0.3 is 14.7 Å². The van der Waals surface area contributed by atoms with Crippen LogP contribution in [0, 0.1) is 35.1 Å². The molecule has 1 unspecified atom stereocenters. The molecule has 1 aliphatic carbocycles. The summed E-state index contributed by atoms with van der Waals surface area (Å²) in [6, 6.07) is 5.65. The lowest BCUT2D eigenvalue weighted by Crippen LogP contribution is -2.26. The normalized spacial score (nSPS) is 24.5. The number of fused-ring (bicyclic) bond motifs is 1. The lowest BCUT2D eigenvalue weighted by atomic mass is 10.0. The lowest BCUT2D eigenvalue weighted by Gasteiger charge is -2.20. The van der Waals surface area contributed by atoms with Crippen molar-refractivity contribution in [1.29, 1.82) is 0 Å². The molecular weight excluding hydrogens is 374 g/mol. The molecule has 28 heavy (non-hydrogen) atoms. The van der Waals surface area contributed by atoms with Crippen molar-refractivity contribution >= 4 is 0 Å². The summed E-state index contributed by atoms with van der Waals surface area (Å²) in [6.07, 6.45) is 2.02. The van der Waals surface area contributed by atoms with Crippen molar-refractivity contribution in [2.45, 2.75) is 25.4 Å². The molecule has 1 N–H and O–H groups in total. The van der Waals surface area contributed by atoms with Gasteiger partial charge in [-0.1, -0.05) is 0 Å². The maximum atomic E-state index is 13.8. The second-order valence-corrected chi connectivity index (χ2v) is 7.72. The quantitative estimate of drug-likeness (QED) is 0.767. The summed E-state index contributed by atoms with van der Waals surface area (Å²) in [4.78, 5) is 2.26. The van der Waals surface area contributed by atoms with Crippen molar-refractivity contribution in [3.63, 3.8) is 0 Å². The molecule has 0 radical (unpaired) electrons. The zero-order chi connectivity index (χ0) is 19.8. The van der Waals surface area contributed by atoms with Gasteiger partial charge in [0.25, 0.3) is 0 Å². The van der Waals surface area contributed by atoms with Crippen LogP contribution in [0.25, 0.3) is 0 Å². The largest absolute Gasteiger partial charge is 0.503 e. The van der Waals surface area contributed by atoms with Crippen molar-refractivity contribution in [1.82, 2.24) is 4.90 Å². The molecule has 2 fully saturated rings. The van der Waals surface area contributed by atoms with E-state index in [4.69, 9.17) is 9.84 Å². The molecule has 2 aromatic rings. The first kappa shape index (κ1) is 19.1. The van der Waals surface area contributed by atoms with E-state index in [0.717, 1.165) is 44.1 Å². The summed E-state index contributed by atoms with van der Waals surface area (Å²) in [6.45, 7) is 2.40. The van der Waals surface area contributed by atoms with Crippen LogP contribution in [0.2, 0.25) is 0 Å². The van der Waals surface area contributed by atoms with Gasteiger partial charge in [0.05, 0.1) is 6.10 Å². The first-order valence-electron chi connectivity index (χ1n) is 9.40. The van der Waals surface area contributed by atoms with Crippen LogP contribution in [0.4, 0.5) is 17.6 Å². The zero-order valence-electron chi connectivity index (χ0n) is 15.2. The molecule has 3 nitrogen and oxygen atoms in total. The molecule has 2 aromatic carbocycles. The SMILES string of the molecule is Oc1c(F)cc(CCN2C[C@H]3CC(Oc4ccc(F)cc4F)C[C@H]3C2)cc1F. The van der Waals surface area contributed by atoms with E-state index in [1.54, 1.807) is 0 Å². The van der Waals surface area contributed by atoms with Gasteiger partial charge in [0, 0.05) is 25.7 Å².